The number of hydrogen-bond acceptors (Lipinski definition) is 5. The molecule has 2 N–H and O–H groups in total. The average molecular weight is 303 g/mol. The number of benzene rings is 1. The summed E-state index contributed by atoms with van der Waals surface area (Å²) in [7, 11) is 2.21. The summed E-state index contributed by atoms with van der Waals surface area (Å²) >= 11 is 0. The highest BCUT2D eigenvalue weighted by molar-refractivity contribution is 5.48. The van der Waals surface area contributed by atoms with Crippen LogP contribution in [0.3, 0.4) is 0 Å². The molecule has 5 heteroatoms. The van der Waals surface area contributed by atoms with Crippen LogP contribution < -0.4 is 10.7 Å². The minimum absolute atomic E-state index is 0.950. The molecule has 0 amide bonds. The van der Waals surface area contributed by atoms with Gasteiger partial charge in [-0.1, -0.05) is 12.1 Å². The zero-order valence-electron chi connectivity index (χ0n) is 13.7. The Labute approximate surface area is 134 Å². The molecular weight excluding hydrogens is 274 g/mol. The molecule has 2 aliphatic heterocycles. The fourth-order valence-electron chi connectivity index (χ4n) is 3.21. The molecule has 2 saturated heterocycles. The zero-order valence-corrected chi connectivity index (χ0v) is 13.7. The third-order valence-electron chi connectivity index (χ3n) is 4.93. The Morgan fingerprint density at radius 2 is 1.50 bits per heavy atom. The van der Waals surface area contributed by atoms with Gasteiger partial charge < -0.3 is 14.7 Å². The van der Waals surface area contributed by atoms with Gasteiger partial charge in [0, 0.05) is 64.6 Å². The van der Waals surface area contributed by atoms with Crippen molar-refractivity contribution in [3.8, 4) is 0 Å². The first-order chi connectivity index (χ1) is 10.7. The van der Waals surface area contributed by atoms with Crippen molar-refractivity contribution in [3.63, 3.8) is 0 Å². The van der Waals surface area contributed by atoms with Gasteiger partial charge in [-0.25, -0.2) is 5.01 Å². The lowest BCUT2D eigenvalue weighted by Crippen LogP contribution is -2.49. The summed E-state index contributed by atoms with van der Waals surface area (Å²) in [5, 5.41) is 1.90. The van der Waals surface area contributed by atoms with E-state index in [4.69, 9.17) is 5.84 Å². The number of hydrazine groups is 1. The summed E-state index contributed by atoms with van der Waals surface area (Å²) < 4.78 is 0. The lowest BCUT2D eigenvalue weighted by Gasteiger charge is -2.34. The van der Waals surface area contributed by atoms with Crippen molar-refractivity contribution >= 4 is 5.69 Å². The highest BCUT2D eigenvalue weighted by atomic mass is 15.4. The Balaban J connectivity index is 1.47. The number of anilines is 1. The second kappa shape index (κ2) is 7.42. The van der Waals surface area contributed by atoms with Gasteiger partial charge in [0.15, 0.2) is 0 Å². The molecule has 3 rings (SSSR count). The summed E-state index contributed by atoms with van der Waals surface area (Å²) in [6, 6.07) is 9.12. The van der Waals surface area contributed by atoms with Crippen molar-refractivity contribution in [1.82, 2.24) is 14.8 Å². The molecule has 0 atom stereocenters. The molecule has 0 unspecified atom stereocenters. The van der Waals surface area contributed by atoms with E-state index < -0.39 is 0 Å². The predicted molar refractivity (Wildman–Crippen MR) is 92.1 cm³/mol. The monoisotopic (exact) mass is 303 g/mol. The maximum Gasteiger partial charge on any atom is 0.0367 e. The van der Waals surface area contributed by atoms with Crippen LogP contribution in [0, 0.1) is 0 Å². The predicted octanol–water partition coefficient (Wildman–Crippen LogP) is 0.472. The lowest BCUT2D eigenvalue weighted by molar-refractivity contribution is 0.155. The van der Waals surface area contributed by atoms with E-state index in [0.717, 1.165) is 32.6 Å². The van der Waals surface area contributed by atoms with E-state index in [2.05, 4.69) is 46.0 Å². The molecule has 2 heterocycles. The number of nitrogens with two attached hydrogens (primary N) is 1. The lowest BCUT2D eigenvalue weighted by atomic mass is 10.1. The summed E-state index contributed by atoms with van der Waals surface area (Å²) in [6.45, 7) is 9.94. The van der Waals surface area contributed by atoms with Crippen LogP contribution in [0.25, 0.3) is 0 Å². The molecule has 22 heavy (non-hydrogen) atoms. The Kier molecular flexibility index (Phi) is 5.31. The van der Waals surface area contributed by atoms with Gasteiger partial charge in [-0.15, -0.1) is 0 Å². The molecule has 0 aliphatic carbocycles. The molecule has 5 nitrogen and oxygen atoms in total. The number of rotatable bonds is 4. The van der Waals surface area contributed by atoms with Crippen LogP contribution in [0.2, 0.25) is 0 Å². The third kappa shape index (κ3) is 4.20. The smallest absolute Gasteiger partial charge is 0.0367 e. The standard InChI is InChI=1S/C17H29N5/c1-19-8-10-20(11-9-19)7-6-16-2-4-17(5-3-16)21-12-14-22(18)15-13-21/h2-5H,6-15,18H2,1H3. The molecule has 0 bridgehead atoms. The van der Waals surface area contributed by atoms with Crippen molar-refractivity contribution in [1.29, 1.82) is 0 Å². The molecule has 1 aromatic carbocycles. The van der Waals surface area contributed by atoms with Gasteiger partial charge in [0.2, 0.25) is 0 Å². The third-order valence-corrected chi connectivity index (χ3v) is 4.93. The van der Waals surface area contributed by atoms with Crippen LogP contribution >= 0.6 is 0 Å². The van der Waals surface area contributed by atoms with E-state index in [0.29, 0.717) is 0 Å². The van der Waals surface area contributed by atoms with E-state index in [-0.39, 0.29) is 0 Å². The largest absolute Gasteiger partial charge is 0.369 e. The summed E-state index contributed by atoms with van der Waals surface area (Å²) in [5.74, 6) is 5.82. The van der Waals surface area contributed by atoms with Gasteiger partial charge in [0.1, 0.15) is 0 Å². The van der Waals surface area contributed by atoms with Crippen LogP contribution in [0.5, 0.6) is 0 Å². The summed E-state index contributed by atoms with van der Waals surface area (Å²) in [6.07, 6.45) is 1.15. The van der Waals surface area contributed by atoms with Gasteiger partial charge in [-0.05, 0) is 31.2 Å². The SMILES string of the molecule is CN1CCN(CCc2ccc(N3CCN(N)CC3)cc2)CC1. The summed E-state index contributed by atoms with van der Waals surface area (Å²) in [5.41, 5.74) is 2.77. The first kappa shape index (κ1) is 15.7. The highest BCUT2D eigenvalue weighted by Gasteiger charge is 2.15. The van der Waals surface area contributed by atoms with E-state index in [1.165, 1.54) is 44.0 Å². The topological polar surface area (TPSA) is 39.0 Å². The van der Waals surface area contributed by atoms with Crippen molar-refractivity contribution in [2.24, 2.45) is 5.84 Å². The second-order valence-corrected chi connectivity index (χ2v) is 6.58. The molecule has 0 spiro atoms. The first-order valence-corrected chi connectivity index (χ1v) is 8.45. The van der Waals surface area contributed by atoms with Crippen LogP contribution in [-0.2, 0) is 6.42 Å². The molecule has 0 aromatic heterocycles. The van der Waals surface area contributed by atoms with Crippen LogP contribution in [0.15, 0.2) is 24.3 Å². The van der Waals surface area contributed by atoms with Crippen molar-refractivity contribution in [2.75, 3.05) is 70.9 Å². The maximum absolute atomic E-state index is 5.82. The first-order valence-electron chi connectivity index (χ1n) is 8.45. The number of likely N-dealkylation sites (N-methyl/N-ethyl adjacent to an activating group) is 1. The quantitative estimate of drug-likeness (QED) is 0.819. The van der Waals surface area contributed by atoms with E-state index in [1.54, 1.807) is 0 Å². The molecule has 2 aliphatic rings. The molecule has 0 radical (unpaired) electrons. The number of hydrogen-bond donors (Lipinski definition) is 1. The summed E-state index contributed by atoms with van der Waals surface area (Å²) in [4.78, 5) is 7.41. The van der Waals surface area contributed by atoms with Gasteiger partial charge in [0.25, 0.3) is 0 Å². The van der Waals surface area contributed by atoms with Crippen molar-refractivity contribution < 1.29 is 0 Å². The molecular formula is C17H29N5. The minimum Gasteiger partial charge on any atom is -0.369 e. The minimum atomic E-state index is 0.950. The Hall–Kier alpha value is -1.14. The molecule has 2 fully saturated rings. The van der Waals surface area contributed by atoms with E-state index in [9.17, 15) is 0 Å². The molecule has 122 valence electrons. The fourth-order valence-corrected chi connectivity index (χ4v) is 3.21. The number of piperazine rings is 2. The maximum atomic E-state index is 5.82. The Morgan fingerprint density at radius 1 is 0.864 bits per heavy atom. The van der Waals surface area contributed by atoms with Crippen molar-refractivity contribution in [3.05, 3.63) is 29.8 Å². The number of nitrogens with zero attached hydrogens (tertiary/aromatic N) is 4. The fraction of sp³-hybridized carbons (Fsp3) is 0.647. The Bertz CT molecular complexity index is 445. The van der Waals surface area contributed by atoms with Crippen LogP contribution in [0.1, 0.15) is 5.56 Å². The molecule has 1 aromatic rings. The van der Waals surface area contributed by atoms with Gasteiger partial charge >= 0.3 is 0 Å². The van der Waals surface area contributed by atoms with E-state index in [1.807, 2.05) is 5.01 Å². The van der Waals surface area contributed by atoms with Gasteiger partial charge in [-0.3, -0.25) is 5.84 Å². The van der Waals surface area contributed by atoms with Gasteiger partial charge in [0.05, 0.1) is 0 Å². The average Bonchev–Trinajstić information content (AvgIpc) is 2.56. The normalized spacial score (nSPS) is 22.2. The van der Waals surface area contributed by atoms with E-state index >= 15 is 0 Å². The highest BCUT2D eigenvalue weighted by Crippen LogP contribution is 2.17. The van der Waals surface area contributed by atoms with Crippen molar-refractivity contribution in [2.45, 2.75) is 6.42 Å². The second-order valence-electron chi connectivity index (χ2n) is 6.58. The Morgan fingerprint density at radius 3 is 2.14 bits per heavy atom. The molecule has 0 saturated carbocycles. The van der Waals surface area contributed by atoms with Gasteiger partial charge in [-0.2, -0.15) is 0 Å². The zero-order chi connectivity index (χ0) is 15.4. The van der Waals surface area contributed by atoms with Crippen LogP contribution in [0.4, 0.5) is 5.69 Å². The van der Waals surface area contributed by atoms with Crippen LogP contribution in [-0.4, -0.2) is 80.8 Å².